The maximum absolute atomic E-state index is 5.62. The zero-order valence-corrected chi connectivity index (χ0v) is 13.1. The molecule has 0 amide bonds. The van der Waals surface area contributed by atoms with Gasteiger partial charge in [-0.25, -0.2) is 9.97 Å². The minimum absolute atomic E-state index is 0.578. The monoisotopic (exact) mass is 315 g/mol. The molecule has 2 aromatic heterocycles. The average molecular weight is 315 g/mol. The molecule has 0 aliphatic carbocycles. The summed E-state index contributed by atoms with van der Waals surface area (Å²) in [6, 6.07) is 8.05. The zero-order valence-electron chi connectivity index (χ0n) is 12.2. The summed E-state index contributed by atoms with van der Waals surface area (Å²) in [7, 11) is 1.67. The molecule has 0 bridgehead atoms. The van der Waals surface area contributed by atoms with Crippen molar-refractivity contribution in [1.82, 2.24) is 20.2 Å². The number of anilines is 1. The van der Waals surface area contributed by atoms with Gasteiger partial charge in [0.15, 0.2) is 11.0 Å². The molecule has 0 atom stereocenters. The topological polar surface area (TPSA) is 89.7 Å². The van der Waals surface area contributed by atoms with Crippen molar-refractivity contribution >= 4 is 16.5 Å². The van der Waals surface area contributed by atoms with E-state index in [0.717, 1.165) is 35.9 Å². The van der Waals surface area contributed by atoms with E-state index in [2.05, 4.69) is 32.3 Å². The van der Waals surface area contributed by atoms with Gasteiger partial charge in [0.25, 0.3) is 0 Å². The van der Waals surface area contributed by atoms with Crippen LogP contribution in [0.3, 0.4) is 0 Å². The van der Waals surface area contributed by atoms with Crippen molar-refractivity contribution in [3.8, 4) is 5.75 Å². The number of benzene rings is 1. The summed E-state index contributed by atoms with van der Waals surface area (Å²) in [5.74, 6) is 2.50. The number of hydrogen-bond donors (Lipinski definition) is 2. The van der Waals surface area contributed by atoms with Crippen LogP contribution in [0.4, 0.5) is 5.13 Å². The Balaban J connectivity index is 1.56. The molecule has 3 N–H and O–H groups in total. The second kappa shape index (κ2) is 6.57. The summed E-state index contributed by atoms with van der Waals surface area (Å²) < 4.78 is 5.15. The number of nitrogens with two attached hydrogens (primary N) is 1. The fourth-order valence-electron chi connectivity index (χ4n) is 2.15. The van der Waals surface area contributed by atoms with E-state index in [1.807, 2.05) is 17.5 Å². The van der Waals surface area contributed by atoms with Crippen molar-refractivity contribution in [2.24, 2.45) is 0 Å². The maximum Gasteiger partial charge on any atom is 0.180 e. The number of nitrogen functional groups attached to an aromatic ring is 1. The van der Waals surface area contributed by atoms with Crippen molar-refractivity contribution in [3.05, 3.63) is 52.6 Å². The highest BCUT2D eigenvalue weighted by molar-refractivity contribution is 7.13. The van der Waals surface area contributed by atoms with Crippen molar-refractivity contribution in [3.63, 3.8) is 0 Å². The Morgan fingerprint density at radius 3 is 2.68 bits per heavy atom. The molecule has 2 heterocycles. The van der Waals surface area contributed by atoms with Gasteiger partial charge in [-0.3, -0.25) is 5.10 Å². The molecule has 6 nitrogen and oxygen atoms in total. The van der Waals surface area contributed by atoms with Crippen LogP contribution in [0.2, 0.25) is 0 Å². The zero-order chi connectivity index (χ0) is 15.4. The molecule has 0 saturated carbocycles. The summed E-state index contributed by atoms with van der Waals surface area (Å²) in [5.41, 5.74) is 7.78. The largest absolute Gasteiger partial charge is 0.497 e. The standard InChI is InChI=1S/C15H17N5OS/c1-21-12-5-2-10(3-6-12)4-7-13-18-14(20-19-13)8-11-9-22-15(16)17-11/h2-3,5-6,9H,4,7-8H2,1H3,(H2,16,17)(H,18,19,20). The molecule has 22 heavy (non-hydrogen) atoms. The number of nitrogens with zero attached hydrogens (tertiary/aromatic N) is 3. The van der Waals surface area contributed by atoms with Crippen molar-refractivity contribution < 1.29 is 4.74 Å². The Morgan fingerprint density at radius 1 is 1.18 bits per heavy atom. The molecule has 0 aliphatic heterocycles. The highest BCUT2D eigenvalue weighted by atomic mass is 32.1. The normalized spacial score (nSPS) is 10.8. The van der Waals surface area contributed by atoms with Gasteiger partial charge in [0.1, 0.15) is 11.6 Å². The highest BCUT2D eigenvalue weighted by Crippen LogP contribution is 2.14. The first-order chi connectivity index (χ1) is 10.7. The van der Waals surface area contributed by atoms with Crippen LogP contribution < -0.4 is 10.5 Å². The van der Waals surface area contributed by atoms with Crippen molar-refractivity contribution in [2.75, 3.05) is 12.8 Å². The lowest BCUT2D eigenvalue weighted by molar-refractivity contribution is 0.414. The summed E-state index contributed by atoms with van der Waals surface area (Å²) in [6.45, 7) is 0. The minimum Gasteiger partial charge on any atom is -0.497 e. The molecule has 7 heteroatoms. The van der Waals surface area contributed by atoms with E-state index in [4.69, 9.17) is 10.5 Å². The number of aryl methyl sites for hydroxylation is 2. The van der Waals surface area contributed by atoms with Gasteiger partial charge in [0.05, 0.1) is 19.2 Å². The third kappa shape index (κ3) is 3.62. The lowest BCUT2D eigenvalue weighted by atomic mass is 10.1. The van der Waals surface area contributed by atoms with Crippen molar-refractivity contribution in [2.45, 2.75) is 19.3 Å². The van der Waals surface area contributed by atoms with E-state index in [1.165, 1.54) is 16.9 Å². The average Bonchev–Trinajstić information content (AvgIpc) is 3.15. The number of H-pyrrole nitrogens is 1. The first-order valence-corrected chi connectivity index (χ1v) is 7.84. The van der Waals surface area contributed by atoms with Crippen LogP contribution in [0.5, 0.6) is 5.75 Å². The fraction of sp³-hybridized carbons (Fsp3) is 0.267. The third-order valence-corrected chi connectivity index (χ3v) is 4.02. The number of hydrogen-bond acceptors (Lipinski definition) is 6. The Hall–Kier alpha value is -2.41. The first kappa shape index (κ1) is 14.5. The summed E-state index contributed by atoms with van der Waals surface area (Å²) in [5, 5.41) is 9.73. The van der Waals surface area contributed by atoms with Crippen LogP contribution in [0.15, 0.2) is 29.6 Å². The lowest BCUT2D eigenvalue weighted by Gasteiger charge is -2.01. The summed E-state index contributed by atoms with van der Waals surface area (Å²) in [4.78, 5) is 8.72. The number of ether oxygens (including phenoxy) is 1. The quantitative estimate of drug-likeness (QED) is 0.728. The predicted octanol–water partition coefficient (Wildman–Crippen LogP) is 2.23. The number of methoxy groups -OCH3 is 1. The molecule has 0 aliphatic rings. The van der Waals surface area contributed by atoms with E-state index in [-0.39, 0.29) is 0 Å². The van der Waals surface area contributed by atoms with Gasteiger partial charge in [0.2, 0.25) is 0 Å². The van der Waals surface area contributed by atoms with Gasteiger partial charge in [-0.2, -0.15) is 5.10 Å². The van der Waals surface area contributed by atoms with Gasteiger partial charge in [-0.05, 0) is 24.1 Å². The predicted molar refractivity (Wildman–Crippen MR) is 86.1 cm³/mol. The highest BCUT2D eigenvalue weighted by Gasteiger charge is 2.07. The molecule has 0 saturated heterocycles. The fourth-order valence-corrected chi connectivity index (χ4v) is 2.71. The number of thiazole rings is 1. The number of rotatable bonds is 6. The molecular formula is C15H17N5OS. The summed E-state index contributed by atoms with van der Waals surface area (Å²) in [6.07, 6.45) is 2.32. The van der Waals surface area contributed by atoms with Crippen LogP contribution in [-0.4, -0.2) is 27.3 Å². The van der Waals surface area contributed by atoms with Crippen LogP contribution >= 0.6 is 11.3 Å². The molecule has 0 fully saturated rings. The lowest BCUT2D eigenvalue weighted by Crippen LogP contribution is -1.95. The molecule has 0 spiro atoms. The van der Waals surface area contributed by atoms with Crippen LogP contribution in [0.1, 0.15) is 22.9 Å². The Bertz CT molecular complexity index is 734. The van der Waals surface area contributed by atoms with Gasteiger partial charge in [0, 0.05) is 11.8 Å². The smallest absolute Gasteiger partial charge is 0.180 e. The summed E-state index contributed by atoms with van der Waals surface area (Å²) >= 11 is 1.44. The number of aromatic nitrogens is 4. The molecule has 3 rings (SSSR count). The first-order valence-electron chi connectivity index (χ1n) is 6.96. The van der Waals surface area contributed by atoms with Crippen LogP contribution in [-0.2, 0) is 19.3 Å². The molecule has 0 radical (unpaired) electrons. The second-order valence-corrected chi connectivity index (χ2v) is 5.79. The van der Waals surface area contributed by atoms with Gasteiger partial charge in [-0.15, -0.1) is 11.3 Å². The van der Waals surface area contributed by atoms with E-state index < -0.39 is 0 Å². The van der Waals surface area contributed by atoms with Crippen LogP contribution in [0.25, 0.3) is 0 Å². The Labute approximate surface area is 132 Å². The minimum atomic E-state index is 0.578. The Kier molecular flexibility index (Phi) is 4.34. The molecule has 0 unspecified atom stereocenters. The molecule has 1 aromatic carbocycles. The van der Waals surface area contributed by atoms with E-state index in [1.54, 1.807) is 7.11 Å². The van der Waals surface area contributed by atoms with E-state index in [9.17, 15) is 0 Å². The Morgan fingerprint density at radius 2 is 2.00 bits per heavy atom. The number of aromatic amines is 1. The molecule has 3 aromatic rings. The second-order valence-electron chi connectivity index (χ2n) is 4.90. The van der Waals surface area contributed by atoms with Gasteiger partial charge >= 0.3 is 0 Å². The maximum atomic E-state index is 5.62. The van der Waals surface area contributed by atoms with Crippen LogP contribution in [0, 0.1) is 0 Å². The third-order valence-electron chi connectivity index (χ3n) is 3.29. The van der Waals surface area contributed by atoms with E-state index >= 15 is 0 Å². The van der Waals surface area contributed by atoms with E-state index in [0.29, 0.717) is 11.6 Å². The van der Waals surface area contributed by atoms with Crippen molar-refractivity contribution in [1.29, 1.82) is 0 Å². The van der Waals surface area contributed by atoms with Gasteiger partial charge < -0.3 is 10.5 Å². The molecular weight excluding hydrogens is 298 g/mol. The SMILES string of the molecule is COc1ccc(CCc2n[nH]c(Cc3csc(N)n3)n2)cc1. The number of nitrogens with one attached hydrogen (secondary N) is 1. The van der Waals surface area contributed by atoms with Gasteiger partial charge in [-0.1, -0.05) is 12.1 Å². The molecule has 114 valence electrons.